The molecule has 1 saturated heterocycles. The van der Waals surface area contributed by atoms with Gasteiger partial charge in [-0.15, -0.1) is 0 Å². The summed E-state index contributed by atoms with van der Waals surface area (Å²) in [6.07, 6.45) is 0. The van der Waals surface area contributed by atoms with Crippen molar-refractivity contribution in [2.75, 3.05) is 20.3 Å². The van der Waals surface area contributed by atoms with Crippen LogP contribution < -0.4 is 10.6 Å². The lowest BCUT2D eigenvalue weighted by Crippen LogP contribution is -2.32. The third-order valence-electron chi connectivity index (χ3n) is 5.47. The van der Waals surface area contributed by atoms with Crippen LogP contribution in [0.3, 0.4) is 0 Å². The van der Waals surface area contributed by atoms with E-state index in [1.807, 2.05) is 0 Å². The van der Waals surface area contributed by atoms with E-state index in [-0.39, 0.29) is 28.4 Å². The van der Waals surface area contributed by atoms with Gasteiger partial charge in [0.15, 0.2) is 5.69 Å². The highest BCUT2D eigenvalue weighted by molar-refractivity contribution is 6.30. The molecule has 9 heteroatoms. The lowest BCUT2D eigenvalue weighted by Gasteiger charge is -2.17. The minimum atomic E-state index is -0.554. The third-order valence-corrected chi connectivity index (χ3v) is 5.78. The molecule has 0 bridgehead atoms. The molecule has 28 heavy (non-hydrogen) atoms. The SMILES string of the molecule is CNC(=O)c1cc(C(=O)N[C@H]2[C@@H]3COC[C@@H]32)n(C(C)c2ccc(Cl)c(F)c2)n1. The normalized spacial score (nSPS) is 23.8. The number of aromatic nitrogens is 2. The molecular weight excluding hydrogens is 387 g/mol. The maximum atomic E-state index is 13.9. The topological polar surface area (TPSA) is 85.3 Å². The van der Waals surface area contributed by atoms with Gasteiger partial charge >= 0.3 is 0 Å². The average molecular weight is 407 g/mol. The molecule has 2 fully saturated rings. The van der Waals surface area contributed by atoms with E-state index in [4.69, 9.17) is 16.3 Å². The summed E-state index contributed by atoms with van der Waals surface area (Å²) in [7, 11) is 1.49. The number of carbonyl (C=O) groups excluding carboxylic acids is 2. The number of benzene rings is 1. The number of fused-ring (bicyclic) bond motifs is 1. The molecule has 4 rings (SSSR count). The maximum absolute atomic E-state index is 13.9. The number of hydrogen-bond acceptors (Lipinski definition) is 4. The molecule has 1 aromatic heterocycles. The van der Waals surface area contributed by atoms with Crippen LogP contribution in [0.4, 0.5) is 4.39 Å². The van der Waals surface area contributed by atoms with Crippen molar-refractivity contribution in [2.45, 2.75) is 19.0 Å². The zero-order chi connectivity index (χ0) is 20.0. The van der Waals surface area contributed by atoms with Gasteiger partial charge in [0.25, 0.3) is 11.8 Å². The Morgan fingerprint density at radius 3 is 2.64 bits per heavy atom. The van der Waals surface area contributed by atoms with Crippen molar-refractivity contribution >= 4 is 23.4 Å². The fourth-order valence-electron chi connectivity index (χ4n) is 3.69. The molecule has 4 atom stereocenters. The summed E-state index contributed by atoms with van der Waals surface area (Å²) >= 11 is 5.76. The van der Waals surface area contributed by atoms with E-state index in [1.54, 1.807) is 13.0 Å². The first kappa shape index (κ1) is 18.9. The molecular formula is C19H20ClFN4O3. The van der Waals surface area contributed by atoms with E-state index in [0.717, 1.165) is 0 Å². The Morgan fingerprint density at radius 1 is 1.29 bits per heavy atom. The van der Waals surface area contributed by atoms with Gasteiger partial charge in [-0.1, -0.05) is 17.7 Å². The predicted molar refractivity (Wildman–Crippen MR) is 99.9 cm³/mol. The quantitative estimate of drug-likeness (QED) is 0.795. The summed E-state index contributed by atoms with van der Waals surface area (Å²) in [5.41, 5.74) is 0.944. The van der Waals surface area contributed by atoms with Crippen LogP contribution in [0.25, 0.3) is 0 Å². The smallest absolute Gasteiger partial charge is 0.271 e. The second-order valence-electron chi connectivity index (χ2n) is 7.15. The van der Waals surface area contributed by atoms with E-state index >= 15 is 0 Å². The van der Waals surface area contributed by atoms with Gasteiger partial charge in [0, 0.05) is 31.0 Å². The molecule has 2 heterocycles. The Hall–Kier alpha value is -2.45. The first-order valence-corrected chi connectivity index (χ1v) is 9.43. The summed E-state index contributed by atoms with van der Waals surface area (Å²) in [6, 6.07) is 5.48. The summed E-state index contributed by atoms with van der Waals surface area (Å²) in [5.74, 6) is -0.577. The van der Waals surface area contributed by atoms with Gasteiger partial charge in [-0.2, -0.15) is 5.10 Å². The average Bonchev–Trinajstić information content (AvgIpc) is 3.10. The molecule has 1 saturated carbocycles. The molecule has 7 nitrogen and oxygen atoms in total. The summed E-state index contributed by atoms with van der Waals surface area (Å²) in [4.78, 5) is 24.9. The van der Waals surface area contributed by atoms with Crippen molar-refractivity contribution in [3.63, 3.8) is 0 Å². The summed E-state index contributed by atoms with van der Waals surface area (Å²) in [5, 5.41) is 9.81. The Balaban J connectivity index is 1.64. The minimum Gasteiger partial charge on any atom is -0.381 e. The number of amides is 2. The minimum absolute atomic E-state index is 0.0166. The Labute approximate surface area is 166 Å². The van der Waals surface area contributed by atoms with Crippen molar-refractivity contribution in [2.24, 2.45) is 11.8 Å². The number of nitrogens with one attached hydrogen (secondary N) is 2. The molecule has 0 radical (unpaired) electrons. The molecule has 148 valence electrons. The number of ether oxygens (including phenoxy) is 1. The Bertz CT molecular complexity index is 937. The molecule has 2 N–H and O–H groups in total. The second-order valence-corrected chi connectivity index (χ2v) is 7.56. The first-order valence-electron chi connectivity index (χ1n) is 9.06. The number of carbonyl (C=O) groups is 2. The van der Waals surface area contributed by atoms with E-state index in [2.05, 4.69) is 15.7 Å². The number of rotatable bonds is 5. The van der Waals surface area contributed by atoms with Crippen LogP contribution >= 0.6 is 11.6 Å². The summed E-state index contributed by atoms with van der Waals surface area (Å²) in [6.45, 7) is 3.08. The van der Waals surface area contributed by atoms with Crippen molar-refractivity contribution in [1.29, 1.82) is 0 Å². The van der Waals surface area contributed by atoms with Gasteiger partial charge in [-0.3, -0.25) is 14.3 Å². The molecule has 2 amide bonds. The van der Waals surface area contributed by atoms with Gasteiger partial charge < -0.3 is 15.4 Å². The van der Waals surface area contributed by atoms with Crippen molar-refractivity contribution < 1.29 is 18.7 Å². The van der Waals surface area contributed by atoms with Crippen LogP contribution in [-0.4, -0.2) is 47.9 Å². The van der Waals surface area contributed by atoms with Crippen molar-refractivity contribution in [3.05, 3.63) is 52.1 Å². The molecule has 1 unspecified atom stereocenters. The molecule has 1 aliphatic carbocycles. The second kappa shape index (κ2) is 7.18. The van der Waals surface area contributed by atoms with E-state index in [0.29, 0.717) is 30.6 Å². The van der Waals surface area contributed by atoms with Crippen LogP contribution in [0.2, 0.25) is 5.02 Å². The lowest BCUT2D eigenvalue weighted by atomic mass is 10.1. The highest BCUT2D eigenvalue weighted by Gasteiger charge is 2.55. The highest BCUT2D eigenvalue weighted by Crippen LogP contribution is 2.44. The summed E-state index contributed by atoms with van der Waals surface area (Å²) < 4.78 is 20.7. The van der Waals surface area contributed by atoms with Crippen LogP contribution in [-0.2, 0) is 4.74 Å². The fourth-order valence-corrected chi connectivity index (χ4v) is 3.81. The highest BCUT2D eigenvalue weighted by atomic mass is 35.5. The van der Waals surface area contributed by atoms with Crippen molar-refractivity contribution in [1.82, 2.24) is 20.4 Å². The van der Waals surface area contributed by atoms with Gasteiger partial charge in [0.2, 0.25) is 0 Å². The number of hydrogen-bond donors (Lipinski definition) is 2. The standard InChI is InChI=1S/C19H20ClFN4O3/c1-9(10-3-4-13(20)14(21)5-10)25-16(6-15(24-25)18(26)22-2)19(27)23-17-11-7-28-8-12(11)17/h3-6,9,11-12,17H,7-8H2,1-2H3,(H,22,26)(H,23,27)/t9?,11-,12+,17+. The molecule has 2 aromatic rings. The lowest BCUT2D eigenvalue weighted by molar-refractivity contribution is 0.0915. The molecule has 0 spiro atoms. The monoisotopic (exact) mass is 406 g/mol. The molecule has 1 aliphatic heterocycles. The van der Waals surface area contributed by atoms with Gasteiger partial charge in [0.1, 0.15) is 11.5 Å². The Kier molecular flexibility index (Phi) is 4.84. The van der Waals surface area contributed by atoms with E-state index < -0.39 is 17.8 Å². The van der Waals surface area contributed by atoms with Crippen LogP contribution in [0, 0.1) is 17.7 Å². The molecule has 1 aromatic carbocycles. The van der Waals surface area contributed by atoms with Crippen LogP contribution in [0.5, 0.6) is 0 Å². The molecule has 2 aliphatic rings. The fraction of sp³-hybridized carbons (Fsp3) is 0.421. The van der Waals surface area contributed by atoms with E-state index in [9.17, 15) is 14.0 Å². The third kappa shape index (κ3) is 3.27. The van der Waals surface area contributed by atoms with Crippen LogP contribution in [0.15, 0.2) is 24.3 Å². The number of nitrogens with zero attached hydrogens (tertiary/aromatic N) is 2. The largest absolute Gasteiger partial charge is 0.381 e. The zero-order valence-corrected chi connectivity index (χ0v) is 16.2. The van der Waals surface area contributed by atoms with Crippen LogP contribution in [0.1, 0.15) is 39.5 Å². The van der Waals surface area contributed by atoms with Gasteiger partial charge in [-0.25, -0.2) is 4.39 Å². The number of halogens is 2. The Morgan fingerprint density at radius 2 is 2.00 bits per heavy atom. The predicted octanol–water partition coefficient (Wildman–Crippen LogP) is 2.02. The van der Waals surface area contributed by atoms with Crippen molar-refractivity contribution in [3.8, 4) is 0 Å². The van der Waals surface area contributed by atoms with Gasteiger partial charge in [-0.05, 0) is 24.6 Å². The van der Waals surface area contributed by atoms with Gasteiger partial charge in [0.05, 0.1) is 24.3 Å². The first-order chi connectivity index (χ1) is 13.4. The van der Waals surface area contributed by atoms with E-state index in [1.165, 1.54) is 29.9 Å². The maximum Gasteiger partial charge on any atom is 0.271 e. The zero-order valence-electron chi connectivity index (χ0n) is 15.4.